The first-order chi connectivity index (χ1) is 13.4. The van der Waals surface area contributed by atoms with E-state index < -0.39 is 0 Å². The number of aromatic amines is 1. The lowest BCUT2D eigenvalue weighted by molar-refractivity contribution is -0.116. The van der Waals surface area contributed by atoms with E-state index in [0.717, 1.165) is 18.8 Å². The van der Waals surface area contributed by atoms with Crippen molar-refractivity contribution in [1.29, 1.82) is 0 Å². The van der Waals surface area contributed by atoms with E-state index in [4.69, 9.17) is 4.74 Å². The highest BCUT2D eigenvalue weighted by atomic mass is 16.5. The number of hydrogen-bond acceptors (Lipinski definition) is 5. The Morgan fingerprint density at radius 1 is 1.18 bits per heavy atom. The van der Waals surface area contributed by atoms with Gasteiger partial charge in [-0.3, -0.25) is 14.4 Å². The molecule has 0 saturated carbocycles. The Kier molecular flexibility index (Phi) is 6.10. The first kappa shape index (κ1) is 19.6. The van der Waals surface area contributed by atoms with Crippen LogP contribution >= 0.6 is 0 Å². The number of nitrogens with zero attached hydrogens (tertiary/aromatic N) is 2. The molecule has 2 amide bonds. The largest absolute Gasteiger partial charge is 0.378 e. The molecule has 1 aromatic carbocycles. The van der Waals surface area contributed by atoms with Crippen molar-refractivity contribution >= 4 is 29.0 Å². The number of Topliss-reactive ketones (excluding diaryl/α,β-unsaturated/α-hetero) is 1. The number of amides is 2. The minimum absolute atomic E-state index is 0.0987. The van der Waals surface area contributed by atoms with Crippen molar-refractivity contribution < 1.29 is 19.1 Å². The van der Waals surface area contributed by atoms with E-state index in [1.165, 1.54) is 31.1 Å². The van der Waals surface area contributed by atoms with Crippen molar-refractivity contribution in [2.75, 3.05) is 50.1 Å². The molecular formula is C20H24N4O4. The number of morpholine rings is 1. The van der Waals surface area contributed by atoms with Gasteiger partial charge in [0.2, 0.25) is 5.91 Å². The Morgan fingerprint density at radius 2 is 1.86 bits per heavy atom. The van der Waals surface area contributed by atoms with E-state index in [1.807, 2.05) is 24.3 Å². The van der Waals surface area contributed by atoms with Crippen LogP contribution in [-0.2, 0) is 9.53 Å². The van der Waals surface area contributed by atoms with Gasteiger partial charge in [0, 0.05) is 43.3 Å². The standard InChI is InChI=1S/C20H24N4O4/c1-14(25)15-11-18(21-12-15)20(27)23(2)13-19(26)22-16-3-5-17(6-4-16)24-7-9-28-10-8-24/h3-6,11-12,21H,7-10,13H2,1-2H3,(H,22,26). The molecule has 2 N–H and O–H groups in total. The van der Waals surface area contributed by atoms with Crippen LogP contribution in [0.2, 0.25) is 0 Å². The van der Waals surface area contributed by atoms with Crippen LogP contribution in [-0.4, -0.2) is 67.4 Å². The molecule has 1 fully saturated rings. The second-order valence-corrected chi connectivity index (χ2v) is 6.71. The smallest absolute Gasteiger partial charge is 0.270 e. The van der Waals surface area contributed by atoms with Gasteiger partial charge in [-0.1, -0.05) is 0 Å². The molecule has 0 spiro atoms. The summed E-state index contributed by atoms with van der Waals surface area (Å²) in [6.07, 6.45) is 1.49. The maximum atomic E-state index is 12.4. The van der Waals surface area contributed by atoms with Crippen molar-refractivity contribution in [3.05, 3.63) is 47.8 Å². The molecule has 3 rings (SSSR count). The summed E-state index contributed by atoms with van der Waals surface area (Å²) in [6, 6.07) is 9.09. The highest BCUT2D eigenvalue weighted by molar-refractivity contribution is 6.01. The number of likely N-dealkylation sites (N-methyl/N-ethyl adjacent to an activating group) is 1. The molecule has 0 aliphatic carbocycles. The van der Waals surface area contributed by atoms with E-state index in [9.17, 15) is 14.4 Å². The molecule has 0 atom stereocenters. The predicted octanol–water partition coefficient (Wildman–Crippen LogP) is 1.76. The maximum absolute atomic E-state index is 12.4. The molecule has 0 bridgehead atoms. The first-order valence-electron chi connectivity index (χ1n) is 9.11. The fraction of sp³-hybridized carbons (Fsp3) is 0.350. The van der Waals surface area contributed by atoms with Crippen LogP contribution in [0.15, 0.2) is 36.5 Å². The number of rotatable bonds is 6. The number of ether oxygens (including phenoxy) is 1. The molecule has 2 heterocycles. The van der Waals surface area contributed by atoms with Gasteiger partial charge in [0.05, 0.1) is 19.8 Å². The van der Waals surface area contributed by atoms with Crippen LogP contribution in [0.4, 0.5) is 11.4 Å². The second-order valence-electron chi connectivity index (χ2n) is 6.71. The molecule has 1 saturated heterocycles. The maximum Gasteiger partial charge on any atom is 0.270 e. The summed E-state index contributed by atoms with van der Waals surface area (Å²) < 4.78 is 5.35. The average molecular weight is 384 g/mol. The minimum atomic E-state index is -0.356. The highest BCUT2D eigenvalue weighted by Crippen LogP contribution is 2.19. The highest BCUT2D eigenvalue weighted by Gasteiger charge is 2.18. The number of anilines is 2. The monoisotopic (exact) mass is 384 g/mol. The predicted molar refractivity (Wildman–Crippen MR) is 106 cm³/mol. The zero-order valence-corrected chi connectivity index (χ0v) is 16.0. The van der Waals surface area contributed by atoms with Gasteiger partial charge in [-0.2, -0.15) is 0 Å². The third-order valence-corrected chi connectivity index (χ3v) is 4.57. The summed E-state index contributed by atoms with van der Waals surface area (Å²) in [5.74, 6) is -0.783. The summed E-state index contributed by atoms with van der Waals surface area (Å²) in [4.78, 5) is 42.3. The first-order valence-corrected chi connectivity index (χ1v) is 9.11. The Hall–Kier alpha value is -3.13. The third kappa shape index (κ3) is 4.77. The van der Waals surface area contributed by atoms with E-state index in [1.54, 1.807) is 0 Å². The van der Waals surface area contributed by atoms with Crippen molar-refractivity contribution in [1.82, 2.24) is 9.88 Å². The van der Waals surface area contributed by atoms with Crippen molar-refractivity contribution in [3.63, 3.8) is 0 Å². The molecule has 0 radical (unpaired) electrons. The van der Waals surface area contributed by atoms with Gasteiger partial charge in [-0.15, -0.1) is 0 Å². The van der Waals surface area contributed by atoms with Crippen LogP contribution in [0.5, 0.6) is 0 Å². The number of hydrogen-bond donors (Lipinski definition) is 2. The Labute approximate surface area is 163 Å². The molecule has 2 aromatic rings. The lowest BCUT2D eigenvalue weighted by atomic mass is 10.2. The zero-order chi connectivity index (χ0) is 20.1. The normalized spacial score (nSPS) is 13.9. The Balaban J connectivity index is 1.53. The molecular weight excluding hydrogens is 360 g/mol. The summed E-state index contributed by atoms with van der Waals surface area (Å²) in [7, 11) is 1.54. The van der Waals surface area contributed by atoms with Gasteiger partial charge in [-0.25, -0.2) is 0 Å². The fourth-order valence-electron chi connectivity index (χ4n) is 2.99. The summed E-state index contributed by atoms with van der Waals surface area (Å²) >= 11 is 0. The topological polar surface area (TPSA) is 94.7 Å². The van der Waals surface area contributed by atoms with Crippen molar-refractivity contribution in [2.45, 2.75) is 6.92 Å². The van der Waals surface area contributed by atoms with Crippen molar-refractivity contribution in [2.24, 2.45) is 0 Å². The van der Waals surface area contributed by atoms with Crippen LogP contribution in [0.25, 0.3) is 0 Å². The van der Waals surface area contributed by atoms with Crippen LogP contribution in [0.3, 0.4) is 0 Å². The van der Waals surface area contributed by atoms with E-state index in [-0.39, 0.29) is 29.8 Å². The summed E-state index contributed by atoms with van der Waals surface area (Å²) in [5, 5.41) is 2.79. The molecule has 8 nitrogen and oxygen atoms in total. The number of aromatic nitrogens is 1. The van der Waals surface area contributed by atoms with Crippen LogP contribution in [0, 0.1) is 0 Å². The molecule has 0 unspecified atom stereocenters. The van der Waals surface area contributed by atoms with Crippen LogP contribution in [0.1, 0.15) is 27.8 Å². The number of H-pyrrole nitrogens is 1. The van der Waals surface area contributed by atoms with Crippen LogP contribution < -0.4 is 10.2 Å². The second kappa shape index (κ2) is 8.71. The van der Waals surface area contributed by atoms with Gasteiger partial charge in [0.25, 0.3) is 5.91 Å². The lowest BCUT2D eigenvalue weighted by Gasteiger charge is -2.28. The number of benzene rings is 1. The fourth-order valence-corrected chi connectivity index (χ4v) is 2.99. The molecule has 28 heavy (non-hydrogen) atoms. The molecule has 8 heteroatoms. The van der Waals surface area contributed by atoms with E-state index in [0.29, 0.717) is 24.5 Å². The molecule has 148 valence electrons. The number of carbonyl (C=O) groups is 3. The number of carbonyl (C=O) groups excluding carboxylic acids is 3. The van der Waals surface area contributed by atoms with Gasteiger partial charge < -0.3 is 24.8 Å². The van der Waals surface area contributed by atoms with Gasteiger partial charge in [0.1, 0.15) is 5.69 Å². The Bertz CT molecular complexity index is 853. The van der Waals surface area contributed by atoms with Gasteiger partial charge >= 0.3 is 0 Å². The summed E-state index contributed by atoms with van der Waals surface area (Å²) in [6.45, 7) is 4.46. The lowest BCUT2D eigenvalue weighted by Crippen LogP contribution is -2.36. The van der Waals surface area contributed by atoms with Gasteiger partial charge in [0.15, 0.2) is 5.78 Å². The van der Waals surface area contributed by atoms with Gasteiger partial charge in [-0.05, 0) is 37.3 Å². The average Bonchev–Trinajstić information content (AvgIpc) is 3.19. The number of ketones is 1. The minimum Gasteiger partial charge on any atom is -0.378 e. The van der Waals surface area contributed by atoms with Crippen molar-refractivity contribution in [3.8, 4) is 0 Å². The van der Waals surface area contributed by atoms with E-state index in [2.05, 4.69) is 15.2 Å². The SMILES string of the molecule is CC(=O)c1c[nH]c(C(=O)N(C)CC(=O)Nc2ccc(N3CCOCC3)cc2)c1. The summed E-state index contributed by atoms with van der Waals surface area (Å²) in [5.41, 5.74) is 2.46. The zero-order valence-electron chi connectivity index (χ0n) is 16.0. The quantitative estimate of drug-likeness (QED) is 0.740. The Morgan fingerprint density at radius 3 is 2.46 bits per heavy atom. The van der Waals surface area contributed by atoms with E-state index >= 15 is 0 Å². The third-order valence-electron chi connectivity index (χ3n) is 4.57. The molecule has 1 aliphatic heterocycles. The molecule has 1 aliphatic rings. The number of nitrogens with one attached hydrogen (secondary N) is 2. The molecule has 1 aromatic heterocycles.